The van der Waals surface area contributed by atoms with Gasteiger partial charge in [-0.2, -0.15) is 0 Å². The van der Waals surface area contributed by atoms with Gasteiger partial charge in [0.1, 0.15) is 10.9 Å². The summed E-state index contributed by atoms with van der Waals surface area (Å²) in [6.45, 7) is 5.83. The minimum atomic E-state index is -0.294. The van der Waals surface area contributed by atoms with Crippen molar-refractivity contribution in [1.29, 1.82) is 0 Å². The quantitative estimate of drug-likeness (QED) is 0.809. The van der Waals surface area contributed by atoms with Gasteiger partial charge in [-0.3, -0.25) is 9.59 Å². The Morgan fingerprint density at radius 2 is 1.95 bits per heavy atom. The van der Waals surface area contributed by atoms with Crippen LogP contribution in [0, 0.1) is 6.92 Å². The number of hydrogen-bond donors (Lipinski definition) is 0. The summed E-state index contributed by atoms with van der Waals surface area (Å²) in [6.07, 6.45) is 1.67. The summed E-state index contributed by atoms with van der Waals surface area (Å²) >= 11 is 1.36. The number of aryl methyl sites for hydroxylation is 1. The van der Waals surface area contributed by atoms with Gasteiger partial charge in [-0.15, -0.1) is 11.3 Å². The van der Waals surface area contributed by atoms with Gasteiger partial charge in [-0.25, -0.2) is 4.98 Å². The molecule has 120 valence electrons. The molecule has 2 saturated heterocycles. The first-order valence-electron chi connectivity index (χ1n) is 7.76. The van der Waals surface area contributed by atoms with E-state index in [0.29, 0.717) is 11.4 Å². The summed E-state index contributed by atoms with van der Waals surface area (Å²) in [7, 11) is 2.07. The van der Waals surface area contributed by atoms with E-state index in [1.165, 1.54) is 11.3 Å². The SMILES string of the molecule is Cc1ncsc1C(=O)N1CCCC1C(=O)N1CCN(C)CC1. The number of thiazole rings is 1. The van der Waals surface area contributed by atoms with Gasteiger partial charge in [0.2, 0.25) is 5.91 Å². The van der Waals surface area contributed by atoms with Crippen LogP contribution in [-0.2, 0) is 4.79 Å². The molecule has 0 N–H and O–H groups in total. The van der Waals surface area contributed by atoms with E-state index in [1.807, 2.05) is 11.8 Å². The molecule has 2 aliphatic rings. The van der Waals surface area contributed by atoms with E-state index in [2.05, 4.69) is 16.9 Å². The summed E-state index contributed by atoms with van der Waals surface area (Å²) < 4.78 is 0. The van der Waals surface area contributed by atoms with E-state index in [1.54, 1.807) is 10.4 Å². The average molecular weight is 322 g/mol. The summed E-state index contributed by atoms with van der Waals surface area (Å²) in [4.78, 5) is 36.2. The maximum absolute atomic E-state index is 12.8. The van der Waals surface area contributed by atoms with Crippen LogP contribution in [0.5, 0.6) is 0 Å². The van der Waals surface area contributed by atoms with Crippen molar-refractivity contribution in [2.45, 2.75) is 25.8 Å². The van der Waals surface area contributed by atoms with E-state index in [0.717, 1.165) is 44.7 Å². The average Bonchev–Trinajstić information content (AvgIpc) is 3.15. The zero-order chi connectivity index (χ0) is 15.7. The van der Waals surface area contributed by atoms with Crippen LogP contribution in [-0.4, -0.2) is 77.3 Å². The summed E-state index contributed by atoms with van der Waals surface area (Å²) in [5.74, 6) is 0.0751. The van der Waals surface area contributed by atoms with Gasteiger partial charge in [-0.1, -0.05) is 0 Å². The van der Waals surface area contributed by atoms with Crippen molar-refractivity contribution in [3.05, 3.63) is 16.1 Å². The van der Waals surface area contributed by atoms with Gasteiger partial charge >= 0.3 is 0 Å². The van der Waals surface area contributed by atoms with Crippen molar-refractivity contribution in [1.82, 2.24) is 19.7 Å². The molecule has 0 aromatic carbocycles. The predicted octanol–water partition coefficient (Wildman–Crippen LogP) is 0.830. The largest absolute Gasteiger partial charge is 0.338 e. The zero-order valence-corrected chi connectivity index (χ0v) is 13.9. The van der Waals surface area contributed by atoms with E-state index in [9.17, 15) is 9.59 Å². The van der Waals surface area contributed by atoms with Gasteiger partial charge < -0.3 is 14.7 Å². The maximum Gasteiger partial charge on any atom is 0.266 e. The van der Waals surface area contributed by atoms with Crippen molar-refractivity contribution < 1.29 is 9.59 Å². The second-order valence-corrected chi connectivity index (χ2v) is 6.91. The maximum atomic E-state index is 12.8. The highest BCUT2D eigenvalue weighted by Crippen LogP contribution is 2.25. The van der Waals surface area contributed by atoms with Crippen LogP contribution >= 0.6 is 11.3 Å². The molecule has 7 heteroatoms. The van der Waals surface area contributed by atoms with Crippen molar-refractivity contribution in [3.8, 4) is 0 Å². The highest BCUT2D eigenvalue weighted by atomic mass is 32.1. The minimum Gasteiger partial charge on any atom is -0.338 e. The molecular weight excluding hydrogens is 300 g/mol. The topological polar surface area (TPSA) is 56.8 Å². The molecule has 22 heavy (non-hydrogen) atoms. The fraction of sp³-hybridized carbons (Fsp3) is 0.667. The molecule has 0 saturated carbocycles. The molecule has 0 radical (unpaired) electrons. The third kappa shape index (κ3) is 2.87. The minimum absolute atomic E-state index is 0.0371. The highest BCUT2D eigenvalue weighted by molar-refractivity contribution is 7.11. The standard InChI is InChI=1S/C15H22N4O2S/c1-11-13(22-10-16-11)15(21)19-5-3-4-12(19)14(20)18-8-6-17(2)7-9-18/h10,12H,3-9H2,1-2H3. The van der Waals surface area contributed by atoms with Crippen LogP contribution in [0.1, 0.15) is 28.2 Å². The summed E-state index contributed by atoms with van der Waals surface area (Å²) in [6, 6.07) is -0.294. The molecule has 1 unspecified atom stereocenters. The molecule has 2 aliphatic heterocycles. The van der Waals surface area contributed by atoms with Crippen molar-refractivity contribution in [2.75, 3.05) is 39.8 Å². The fourth-order valence-corrected chi connectivity index (χ4v) is 3.90. The Hall–Kier alpha value is -1.47. The first-order valence-corrected chi connectivity index (χ1v) is 8.64. The number of likely N-dealkylation sites (tertiary alicyclic amines) is 1. The summed E-state index contributed by atoms with van der Waals surface area (Å²) in [5, 5.41) is 0. The van der Waals surface area contributed by atoms with Gasteiger partial charge in [0.15, 0.2) is 0 Å². The van der Waals surface area contributed by atoms with Crippen LogP contribution in [0.15, 0.2) is 5.51 Å². The second kappa shape index (κ2) is 6.34. The Labute approximate surface area is 134 Å². The number of likely N-dealkylation sites (N-methyl/N-ethyl adjacent to an activating group) is 1. The fourth-order valence-electron chi connectivity index (χ4n) is 3.14. The molecule has 2 fully saturated rings. The zero-order valence-electron chi connectivity index (χ0n) is 13.1. The van der Waals surface area contributed by atoms with Gasteiger partial charge in [0.25, 0.3) is 5.91 Å². The number of amides is 2. The normalized spacial score (nSPS) is 23.1. The van der Waals surface area contributed by atoms with E-state index < -0.39 is 0 Å². The lowest BCUT2D eigenvalue weighted by Gasteiger charge is -2.35. The molecule has 1 atom stereocenters. The second-order valence-electron chi connectivity index (χ2n) is 6.05. The van der Waals surface area contributed by atoms with Crippen LogP contribution in [0.3, 0.4) is 0 Å². The van der Waals surface area contributed by atoms with Crippen LogP contribution in [0.4, 0.5) is 0 Å². The molecule has 3 rings (SSSR count). The number of carbonyl (C=O) groups excluding carboxylic acids is 2. The Morgan fingerprint density at radius 3 is 2.59 bits per heavy atom. The van der Waals surface area contributed by atoms with E-state index >= 15 is 0 Å². The van der Waals surface area contributed by atoms with Crippen molar-refractivity contribution in [2.24, 2.45) is 0 Å². The molecule has 1 aromatic rings. The number of nitrogens with zero attached hydrogens (tertiary/aromatic N) is 4. The van der Waals surface area contributed by atoms with Gasteiger partial charge in [0.05, 0.1) is 11.2 Å². The Balaban J connectivity index is 1.71. The molecular formula is C15H22N4O2S. The number of aromatic nitrogens is 1. The lowest BCUT2D eigenvalue weighted by molar-refractivity contribution is -0.136. The first-order chi connectivity index (χ1) is 10.6. The van der Waals surface area contributed by atoms with Crippen molar-refractivity contribution >= 4 is 23.2 Å². The molecule has 1 aromatic heterocycles. The van der Waals surface area contributed by atoms with Gasteiger partial charge in [0, 0.05) is 32.7 Å². The smallest absolute Gasteiger partial charge is 0.266 e. The number of rotatable bonds is 2. The molecule has 2 amide bonds. The molecule has 3 heterocycles. The van der Waals surface area contributed by atoms with Crippen LogP contribution in [0.25, 0.3) is 0 Å². The Morgan fingerprint density at radius 1 is 1.23 bits per heavy atom. The number of carbonyl (C=O) groups is 2. The van der Waals surface area contributed by atoms with Crippen LogP contribution in [0.2, 0.25) is 0 Å². The molecule has 0 bridgehead atoms. The van der Waals surface area contributed by atoms with Crippen molar-refractivity contribution in [3.63, 3.8) is 0 Å². The number of piperazine rings is 1. The highest BCUT2D eigenvalue weighted by Gasteiger charge is 2.38. The van der Waals surface area contributed by atoms with Crippen LogP contribution < -0.4 is 0 Å². The van der Waals surface area contributed by atoms with Gasteiger partial charge in [-0.05, 0) is 26.8 Å². The molecule has 6 nitrogen and oxygen atoms in total. The predicted molar refractivity (Wildman–Crippen MR) is 85.0 cm³/mol. The number of hydrogen-bond acceptors (Lipinski definition) is 5. The molecule has 0 spiro atoms. The Kier molecular flexibility index (Phi) is 4.44. The lowest BCUT2D eigenvalue weighted by atomic mass is 10.1. The third-order valence-corrected chi connectivity index (χ3v) is 5.47. The van der Waals surface area contributed by atoms with E-state index in [-0.39, 0.29) is 17.9 Å². The first kappa shape index (κ1) is 15.4. The lowest BCUT2D eigenvalue weighted by Crippen LogP contribution is -2.53. The Bertz CT molecular complexity index is 566. The summed E-state index contributed by atoms with van der Waals surface area (Å²) in [5.41, 5.74) is 2.45. The molecule has 0 aliphatic carbocycles. The van der Waals surface area contributed by atoms with E-state index in [4.69, 9.17) is 0 Å². The third-order valence-electron chi connectivity index (χ3n) is 4.55. The monoisotopic (exact) mass is 322 g/mol.